The Morgan fingerprint density at radius 3 is 2.67 bits per heavy atom. The Hall–Kier alpha value is -3.11. The largest absolute Gasteiger partial charge is 0.324 e. The van der Waals surface area contributed by atoms with E-state index in [1.807, 2.05) is 18.2 Å². The van der Waals surface area contributed by atoms with Crippen LogP contribution in [0.25, 0.3) is 0 Å². The van der Waals surface area contributed by atoms with Crippen LogP contribution in [0.15, 0.2) is 40.9 Å². The van der Waals surface area contributed by atoms with Gasteiger partial charge in [-0.3, -0.25) is 29.4 Å². The summed E-state index contributed by atoms with van der Waals surface area (Å²) in [5.74, 6) is -2.56. The Bertz CT molecular complexity index is 1300. The van der Waals surface area contributed by atoms with E-state index in [0.717, 1.165) is 22.2 Å². The van der Waals surface area contributed by atoms with Gasteiger partial charge in [0.05, 0.1) is 22.4 Å². The number of carbonyl (C=O) groups is 3. The molecule has 9 nitrogen and oxygen atoms in total. The number of halogens is 1. The Morgan fingerprint density at radius 2 is 1.94 bits per heavy atom. The molecule has 0 unspecified atom stereocenters. The highest BCUT2D eigenvalue weighted by molar-refractivity contribution is 9.10. The monoisotopic (exact) mass is 510 g/mol. The number of hydrogen-bond acceptors (Lipinski definition) is 6. The van der Waals surface area contributed by atoms with Crippen LogP contribution in [0, 0.1) is 28.9 Å². The number of amides is 3. The van der Waals surface area contributed by atoms with Crippen LogP contribution in [0.1, 0.15) is 24.0 Å². The van der Waals surface area contributed by atoms with Crippen LogP contribution in [0.4, 0.5) is 17.1 Å². The molecular formula is C23H19BrN4O5. The minimum absolute atomic E-state index is 0.108. The number of nitrogens with one attached hydrogen (secondary N) is 1. The fourth-order valence-electron chi connectivity index (χ4n) is 6.42. The second-order valence-corrected chi connectivity index (χ2v) is 9.97. The molecular weight excluding hydrogens is 492 g/mol. The molecule has 1 N–H and O–H groups in total. The van der Waals surface area contributed by atoms with Crippen molar-refractivity contribution in [1.82, 2.24) is 4.90 Å². The lowest BCUT2D eigenvalue weighted by Crippen LogP contribution is -2.54. The number of fused-ring (bicyclic) bond motifs is 7. The molecule has 0 saturated carbocycles. The summed E-state index contributed by atoms with van der Waals surface area (Å²) in [7, 11) is 0. The summed E-state index contributed by atoms with van der Waals surface area (Å²) in [6.07, 6.45) is 1.57. The third-order valence-electron chi connectivity index (χ3n) is 7.59. The van der Waals surface area contributed by atoms with Crippen molar-refractivity contribution in [2.75, 3.05) is 16.8 Å². The quantitative estimate of drug-likeness (QED) is 0.377. The molecule has 0 bridgehead atoms. The molecule has 3 amide bonds. The first kappa shape index (κ1) is 20.5. The minimum atomic E-state index is -1.25. The number of nitrogens with zero attached hydrogens (tertiary/aromatic N) is 3. The molecule has 2 aromatic rings. The molecule has 10 heteroatoms. The highest BCUT2D eigenvalue weighted by Gasteiger charge is 2.74. The molecule has 4 atom stereocenters. The highest BCUT2D eigenvalue weighted by atomic mass is 79.9. The van der Waals surface area contributed by atoms with Crippen LogP contribution in [0.2, 0.25) is 0 Å². The normalized spacial score (nSPS) is 30.1. The standard InChI is InChI=1S/C23H19BrN4O5/c1-11-9-13(28(32)33)5-7-16(11)27-20(29)18-17-3-2-8-26(17)23(19(18)21(27)30)14-10-12(24)4-6-15(14)25-22(23)31/h4-7,9-10,17-19H,2-3,8H2,1H3,(H,25,31)/t17-,18+,19+,23-/m1/s1. The first-order valence-electron chi connectivity index (χ1n) is 10.8. The van der Waals surface area contributed by atoms with E-state index in [1.165, 1.54) is 18.2 Å². The minimum Gasteiger partial charge on any atom is -0.324 e. The van der Waals surface area contributed by atoms with Gasteiger partial charge in [-0.25, -0.2) is 4.90 Å². The lowest BCUT2D eigenvalue weighted by molar-refractivity contribution is -0.384. The second kappa shape index (κ2) is 6.71. The first-order valence-corrected chi connectivity index (χ1v) is 11.6. The zero-order chi connectivity index (χ0) is 23.2. The maximum Gasteiger partial charge on any atom is 0.269 e. The van der Waals surface area contributed by atoms with E-state index in [1.54, 1.807) is 6.92 Å². The predicted octanol–water partition coefficient (Wildman–Crippen LogP) is 3.10. The van der Waals surface area contributed by atoms with Crippen LogP contribution in [-0.4, -0.2) is 40.1 Å². The van der Waals surface area contributed by atoms with E-state index < -0.39 is 28.2 Å². The molecule has 0 radical (unpaired) electrons. The zero-order valence-electron chi connectivity index (χ0n) is 17.6. The number of non-ortho nitro benzene ring substituents is 1. The Morgan fingerprint density at radius 1 is 1.15 bits per heavy atom. The molecule has 3 fully saturated rings. The van der Waals surface area contributed by atoms with Gasteiger partial charge in [0, 0.05) is 33.9 Å². The summed E-state index contributed by atoms with van der Waals surface area (Å²) in [5, 5.41) is 14.1. The number of rotatable bonds is 2. The van der Waals surface area contributed by atoms with Gasteiger partial charge in [-0.15, -0.1) is 0 Å². The third kappa shape index (κ3) is 2.42. The molecule has 0 aliphatic carbocycles. The van der Waals surface area contributed by atoms with Gasteiger partial charge < -0.3 is 5.32 Å². The van der Waals surface area contributed by atoms with E-state index in [-0.39, 0.29) is 23.5 Å². The van der Waals surface area contributed by atoms with Crippen LogP contribution >= 0.6 is 15.9 Å². The number of nitro groups is 1. The molecule has 4 aliphatic rings. The number of aryl methyl sites for hydroxylation is 1. The molecule has 1 spiro atoms. The van der Waals surface area contributed by atoms with Crippen molar-refractivity contribution in [3.63, 3.8) is 0 Å². The van der Waals surface area contributed by atoms with E-state index in [0.29, 0.717) is 29.0 Å². The summed E-state index contributed by atoms with van der Waals surface area (Å²) in [5.41, 5.74) is 0.799. The molecule has 4 heterocycles. The van der Waals surface area contributed by atoms with Gasteiger partial charge in [-0.05, 0) is 56.1 Å². The SMILES string of the molecule is Cc1cc([N+](=O)[O-])ccc1N1C(=O)[C@H]2[C@H]3CCCN3[C@@]3(C(=O)Nc4ccc(Br)cc43)[C@@H]2C1=O. The Labute approximate surface area is 197 Å². The predicted molar refractivity (Wildman–Crippen MR) is 121 cm³/mol. The van der Waals surface area contributed by atoms with Gasteiger partial charge in [-0.2, -0.15) is 0 Å². The molecule has 33 heavy (non-hydrogen) atoms. The van der Waals surface area contributed by atoms with Crippen molar-refractivity contribution in [2.24, 2.45) is 11.8 Å². The number of benzene rings is 2. The van der Waals surface area contributed by atoms with E-state index in [9.17, 15) is 24.5 Å². The lowest BCUT2D eigenvalue weighted by atomic mass is 9.75. The van der Waals surface area contributed by atoms with E-state index in [4.69, 9.17) is 0 Å². The van der Waals surface area contributed by atoms with Gasteiger partial charge in [0.25, 0.3) is 5.69 Å². The molecule has 168 valence electrons. The molecule has 4 aliphatic heterocycles. The second-order valence-electron chi connectivity index (χ2n) is 9.06. The van der Waals surface area contributed by atoms with E-state index >= 15 is 0 Å². The van der Waals surface area contributed by atoms with Gasteiger partial charge in [0.15, 0.2) is 0 Å². The average Bonchev–Trinajstić information content (AvgIpc) is 3.47. The van der Waals surface area contributed by atoms with Gasteiger partial charge in [0.1, 0.15) is 5.54 Å². The molecule has 3 saturated heterocycles. The highest BCUT2D eigenvalue weighted by Crippen LogP contribution is 2.61. The van der Waals surface area contributed by atoms with E-state index in [2.05, 4.69) is 26.1 Å². The van der Waals surface area contributed by atoms with Crippen molar-refractivity contribution in [3.8, 4) is 0 Å². The average molecular weight is 511 g/mol. The fraction of sp³-hybridized carbons (Fsp3) is 0.348. The Kier molecular flexibility index (Phi) is 4.16. The number of anilines is 2. The van der Waals surface area contributed by atoms with Crippen LogP contribution < -0.4 is 10.2 Å². The van der Waals surface area contributed by atoms with Gasteiger partial charge >= 0.3 is 0 Å². The van der Waals surface area contributed by atoms with Crippen molar-refractivity contribution in [3.05, 3.63) is 62.1 Å². The van der Waals surface area contributed by atoms with Crippen molar-refractivity contribution >= 4 is 50.7 Å². The molecule has 0 aromatic heterocycles. The summed E-state index contributed by atoms with van der Waals surface area (Å²) in [4.78, 5) is 55.2. The maximum absolute atomic E-state index is 14.0. The van der Waals surface area contributed by atoms with Crippen LogP contribution in [0.3, 0.4) is 0 Å². The number of hydrogen-bond donors (Lipinski definition) is 1. The summed E-state index contributed by atoms with van der Waals surface area (Å²) < 4.78 is 0.788. The smallest absolute Gasteiger partial charge is 0.269 e. The summed E-state index contributed by atoms with van der Waals surface area (Å²) in [6.45, 7) is 2.28. The third-order valence-corrected chi connectivity index (χ3v) is 8.08. The van der Waals surface area contributed by atoms with Gasteiger partial charge in [0.2, 0.25) is 17.7 Å². The summed E-state index contributed by atoms with van der Waals surface area (Å²) in [6, 6.07) is 9.39. The topological polar surface area (TPSA) is 113 Å². The maximum atomic E-state index is 14.0. The van der Waals surface area contributed by atoms with Crippen molar-refractivity contribution in [2.45, 2.75) is 31.3 Å². The number of imide groups is 1. The number of carbonyl (C=O) groups excluding carboxylic acids is 3. The number of nitro benzene ring substituents is 1. The van der Waals surface area contributed by atoms with Crippen LogP contribution in [-0.2, 0) is 19.9 Å². The molecule has 6 rings (SSSR count). The Balaban J connectivity index is 1.53. The summed E-state index contributed by atoms with van der Waals surface area (Å²) >= 11 is 3.49. The lowest BCUT2D eigenvalue weighted by Gasteiger charge is -2.36. The van der Waals surface area contributed by atoms with Gasteiger partial charge in [-0.1, -0.05) is 15.9 Å². The van der Waals surface area contributed by atoms with Crippen molar-refractivity contribution < 1.29 is 19.3 Å². The van der Waals surface area contributed by atoms with Crippen molar-refractivity contribution in [1.29, 1.82) is 0 Å². The fourth-order valence-corrected chi connectivity index (χ4v) is 6.78. The zero-order valence-corrected chi connectivity index (χ0v) is 19.2. The molecule has 2 aromatic carbocycles. The first-order chi connectivity index (χ1) is 15.8. The van der Waals surface area contributed by atoms with Crippen LogP contribution in [0.5, 0.6) is 0 Å².